The summed E-state index contributed by atoms with van der Waals surface area (Å²) in [4.78, 5) is 53.1. The minimum absolute atomic E-state index is 0.0169. The highest BCUT2D eigenvalue weighted by Gasteiger charge is 2.55. The van der Waals surface area contributed by atoms with E-state index in [-0.39, 0.29) is 23.4 Å². The fourth-order valence-corrected chi connectivity index (χ4v) is 5.95. The summed E-state index contributed by atoms with van der Waals surface area (Å²) in [7, 11) is 0. The van der Waals surface area contributed by atoms with E-state index < -0.39 is 47.0 Å². The molecule has 1 saturated heterocycles. The van der Waals surface area contributed by atoms with Crippen LogP contribution in [-0.2, 0) is 30.3 Å². The number of fused-ring (bicyclic) bond motifs is 1. The van der Waals surface area contributed by atoms with Crippen LogP contribution < -0.4 is 10.8 Å². The molecule has 204 valence electrons. The number of hydrogen-bond acceptors (Lipinski definition) is 7. The number of benzene rings is 3. The first-order valence-corrected chi connectivity index (χ1v) is 13.4. The van der Waals surface area contributed by atoms with Gasteiger partial charge < -0.3 is 10.1 Å². The van der Waals surface area contributed by atoms with Crippen LogP contribution in [0.3, 0.4) is 0 Å². The highest BCUT2D eigenvalue weighted by molar-refractivity contribution is 8.00. The van der Waals surface area contributed by atoms with Crippen LogP contribution in [0.25, 0.3) is 0 Å². The van der Waals surface area contributed by atoms with E-state index in [1.54, 1.807) is 48.5 Å². The fraction of sp³-hybridized carbons (Fsp3) is 0.172. The van der Waals surface area contributed by atoms with Gasteiger partial charge in [0.25, 0.3) is 11.8 Å². The molecule has 2 aliphatic rings. The van der Waals surface area contributed by atoms with E-state index in [0.717, 1.165) is 16.7 Å². The van der Waals surface area contributed by atoms with Gasteiger partial charge in [0.15, 0.2) is 6.10 Å². The third-order valence-corrected chi connectivity index (χ3v) is 7.84. The lowest BCUT2D eigenvalue weighted by Crippen LogP contribution is -2.71. The zero-order valence-electron chi connectivity index (χ0n) is 21.0. The van der Waals surface area contributed by atoms with Crippen LogP contribution in [-0.4, -0.2) is 51.0 Å². The topological polar surface area (TPSA) is 125 Å². The molecule has 0 bridgehead atoms. The summed E-state index contributed by atoms with van der Waals surface area (Å²) in [5.74, 6) is -3.36. The lowest BCUT2D eigenvalue weighted by Gasteiger charge is -2.49. The first-order chi connectivity index (χ1) is 19.4. The Bertz CT molecular complexity index is 1430. The van der Waals surface area contributed by atoms with Crippen molar-refractivity contribution >= 4 is 35.5 Å². The molecule has 2 aliphatic heterocycles. The number of nitrogens with one attached hydrogen (secondary N) is 2. The molecular formula is C29H24FN3O6S. The second kappa shape index (κ2) is 11.7. The van der Waals surface area contributed by atoms with Gasteiger partial charge in [-0.1, -0.05) is 72.8 Å². The number of amides is 3. The van der Waals surface area contributed by atoms with Crippen LogP contribution in [0.4, 0.5) is 4.39 Å². The molecule has 9 nitrogen and oxygen atoms in total. The van der Waals surface area contributed by atoms with Crippen molar-refractivity contribution < 1.29 is 33.5 Å². The van der Waals surface area contributed by atoms with Crippen molar-refractivity contribution in [2.24, 2.45) is 0 Å². The summed E-state index contributed by atoms with van der Waals surface area (Å²) in [6.07, 6.45) is -0.906. The molecular weight excluding hydrogens is 537 g/mol. The molecule has 0 saturated carbocycles. The van der Waals surface area contributed by atoms with Crippen molar-refractivity contribution in [1.29, 1.82) is 0 Å². The van der Waals surface area contributed by atoms with E-state index in [1.165, 1.54) is 29.7 Å². The monoisotopic (exact) mass is 561 g/mol. The lowest BCUT2D eigenvalue weighted by molar-refractivity contribution is -0.155. The van der Waals surface area contributed by atoms with Gasteiger partial charge in [-0.05, 0) is 28.8 Å². The number of rotatable bonds is 8. The molecule has 0 spiro atoms. The smallest absolute Gasteiger partial charge is 0.356 e. The van der Waals surface area contributed by atoms with Crippen molar-refractivity contribution in [3.05, 3.63) is 119 Å². The van der Waals surface area contributed by atoms with Gasteiger partial charge in [-0.2, -0.15) is 0 Å². The predicted octanol–water partition coefficient (Wildman–Crippen LogP) is 2.86. The number of halogens is 1. The standard InChI is InChI=1S/C29H24FN3O6S/c30-20-13-11-17(12-14-20)15-22(34)31-23-27(36)33-24(21(26(35)32-38)16-40-28(23)33)29(37)39-25(18-7-3-1-4-8-18)19-9-5-2-6-10-19/h1-14,23,25,28,38H,15-16H2,(H,31,34)(H,32,35)/t23?,28-/m0/s1. The van der Waals surface area contributed by atoms with Crippen molar-refractivity contribution in [3.63, 3.8) is 0 Å². The van der Waals surface area contributed by atoms with Gasteiger partial charge in [0.05, 0.1) is 12.0 Å². The molecule has 1 fully saturated rings. The van der Waals surface area contributed by atoms with Crippen LogP contribution >= 0.6 is 11.8 Å². The van der Waals surface area contributed by atoms with Gasteiger partial charge >= 0.3 is 5.97 Å². The van der Waals surface area contributed by atoms with E-state index >= 15 is 0 Å². The molecule has 0 radical (unpaired) electrons. The molecule has 0 aromatic heterocycles. The molecule has 3 aromatic carbocycles. The predicted molar refractivity (Wildman–Crippen MR) is 143 cm³/mol. The summed E-state index contributed by atoms with van der Waals surface area (Å²) < 4.78 is 19.1. The molecule has 40 heavy (non-hydrogen) atoms. The number of hydroxylamine groups is 1. The van der Waals surface area contributed by atoms with Crippen LogP contribution in [0.5, 0.6) is 0 Å². The Morgan fingerprint density at radius 1 is 0.975 bits per heavy atom. The third-order valence-electron chi connectivity index (χ3n) is 6.56. The van der Waals surface area contributed by atoms with Crippen molar-refractivity contribution in [2.45, 2.75) is 23.9 Å². The van der Waals surface area contributed by atoms with Gasteiger partial charge in [-0.15, -0.1) is 11.8 Å². The normalized spacial score (nSPS) is 18.1. The largest absolute Gasteiger partial charge is 0.448 e. The average Bonchev–Trinajstić information content (AvgIpc) is 2.99. The minimum atomic E-state index is -0.946. The zero-order chi connectivity index (χ0) is 28.2. The van der Waals surface area contributed by atoms with Gasteiger partial charge in [0.1, 0.15) is 22.9 Å². The van der Waals surface area contributed by atoms with Crippen molar-refractivity contribution in [3.8, 4) is 0 Å². The maximum atomic E-state index is 13.7. The second-order valence-electron chi connectivity index (χ2n) is 9.13. The van der Waals surface area contributed by atoms with Crippen LogP contribution in [0, 0.1) is 5.82 Å². The first-order valence-electron chi connectivity index (χ1n) is 12.3. The quantitative estimate of drug-likeness (QED) is 0.167. The summed E-state index contributed by atoms with van der Waals surface area (Å²) in [6, 6.07) is 22.5. The number of ether oxygens (including phenoxy) is 1. The number of esters is 1. The van der Waals surface area contributed by atoms with E-state index in [1.807, 2.05) is 12.1 Å². The molecule has 1 unspecified atom stereocenters. The molecule has 5 rings (SSSR count). The Hall–Kier alpha value is -4.48. The highest BCUT2D eigenvalue weighted by atomic mass is 32.2. The SMILES string of the molecule is O=C(Cc1ccc(F)cc1)NC1C(=O)N2C(C(=O)OC(c3ccccc3)c3ccccc3)=C(C(=O)NO)CS[C@@H]12. The van der Waals surface area contributed by atoms with E-state index in [4.69, 9.17) is 4.74 Å². The number of carbonyl (C=O) groups excluding carboxylic acids is 4. The first kappa shape index (κ1) is 27.1. The Morgan fingerprint density at radius 2 is 1.57 bits per heavy atom. The Balaban J connectivity index is 1.39. The Morgan fingerprint density at radius 3 is 2.15 bits per heavy atom. The average molecular weight is 562 g/mol. The third kappa shape index (κ3) is 5.47. The van der Waals surface area contributed by atoms with E-state index in [9.17, 15) is 28.8 Å². The summed E-state index contributed by atoms with van der Waals surface area (Å²) in [5.41, 5.74) is 3.04. The van der Waals surface area contributed by atoms with Gasteiger partial charge in [0, 0.05) is 5.75 Å². The van der Waals surface area contributed by atoms with Gasteiger partial charge in [-0.3, -0.25) is 24.5 Å². The highest BCUT2D eigenvalue weighted by Crippen LogP contribution is 2.41. The number of thioether (sulfide) groups is 1. The lowest BCUT2D eigenvalue weighted by atomic mass is 10.00. The number of β-lactam (4-membered cyclic amide) rings is 1. The van der Waals surface area contributed by atoms with E-state index in [2.05, 4.69) is 5.32 Å². The molecule has 0 aliphatic carbocycles. The zero-order valence-corrected chi connectivity index (χ0v) is 21.8. The Labute approximate surface area is 233 Å². The van der Waals surface area contributed by atoms with Crippen LogP contribution in [0.1, 0.15) is 22.8 Å². The number of hydrogen-bond donors (Lipinski definition) is 3. The second-order valence-corrected chi connectivity index (χ2v) is 10.2. The summed E-state index contributed by atoms with van der Waals surface area (Å²) in [6.45, 7) is 0. The van der Waals surface area contributed by atoms with E-state index in [0.29, 0.717) is 16.7 Å². The fourth-order valence-electron chi connectivity index (χ4n) is 4.61. The minimum Gasteiger partial charge on any atom is -0.448 e. The van der Waals surface area contributed by atoms with Crippen LogP contribution in [0.15, 0.2) is 96.2 Å². The molecule has 2 atom stereocenters. The van der Waals surface area contributed by atoms with Gasteiger partial charge in [0.2, 0.25) is 5.91 Å². The number of carbonyl (C=O) groups is 4. The maximum Gasteiger partial charge on any atom is 0.356 e. The van der Waals surface area contributed by atoms with Crippen molar-refractivity contribution in [2.75, 3.05) is 5.75 Å². The summed E-state index contributed by atoms with van der Waals surface area (Å²) >= 11 is 1.16. The molecule has 3 N–H and O–H groups in total. The van der Waals surface area contributed by atoms with Gasteiger partial charge in [-0.25, -0.2) is 14.7 Å². The number of nitrogens with zero attached hydrogens (tertiary/aromatic N) is 1. The molecule has 3 amide bonds. The Kier molecular flexibility index (Phi) is 7.94. The van der Waals surface area contributed by atoms with Crippen molar-refractivity contribution in [1.82, 2.24) is 15.7 Å². The molecule has 11 heteroatoms. The van der Waals surface area contributed by atoms with Crippen LogP contribution in [0.2, 0.25) is 0 Å². The molecule has 2 heterocycles. The molecule has 3 aromatic rings. The maximum absolute atomic E-state index is 13.7. The summed E-state index contributed by atoms with van der Waals surface area (Å²) in [5, 5.41) is 11.3.